The number of nitrogens with zero attached hydrogens (tertiary/aromatic N) is 1. The van der Waals surface area contributed by atoms with Crippen LogP contribution >= 0.6 is 0 Å². The van der Waals surface area contributed by atoms with Crippen LogP contribution < -0.4 is 10.5 Å². The molecule has 16 heavy (non-hydrogen) atoms. The molecule has 1 aromatic carbocycles. The summed E-state index contributed by atoms with van der Waals surface area (Å²) in [6.07, 6.45) is 1.70. The van der Waals surface area contributed by atoms with E-state index in [0.29, 0.717) is 0 Å². The minimum Gasteiger partial charge on any atom is -0.495 e. The number of pyridine rings is 1. The minimum absolute atomic E-state index is 0.754. The molecule has 0 saturated carbocycles. The Hall–Kier alpha value is -2.03. The van der Waals surface area contributed by atoms with Crippen LogP contribution in [-0.2, 0) is 0 Å². The summed E-state index contributed by atoms with van der Waals surface area (Å²) < 4.78 is 5.06. The van der Waals surface area contributed by atoms with E-state index in [1.807, 2.05) is 37.3 Å². The lowest BCUT2D eigenvalue weighted by Crippen LogP contribution is -1.91. The third-order valence-electron chi connectivity index (χ3n) is 2.55. The van der Waals surface area contributed by atoms with Gasteiger partial charge in [0.2, 0.25) is 0 Å². The lowest BCUT2D eigenvalue weighted by Gasteiger charge is -2.05. The molecular formula is C13H14N2O. The van der Waals surface area contributed by atoms with Crippen molar-refractivity contribution < 1.29 is 4.74 Å². The van der Waals surface area contributed by atoms with Crippen molar-refractivity contribution in [2.75, 3.05) is 12.8 Å². The third kappa shape index (κ3) is 1.98. The van der Waals surface area contributed by atoms with Crippen molar-refractivity contribution in [3.63, 3.8) is 0 Å². The summed E-state index contributed by atoms with van der Waals surface area (Å²) in [4.78, 5) is 4.31. The molecule has 0 radical (unpaired) electrons. The van der Waals surface area contributed by atoms with Crippen LogP contribution in [0.25, 0.3) is 11.3 Å². The van der Waals surface area contributed by atoms with E-state index in [0.717, 1.165) is 28.3 Å². The fourth-order valence-electron chi connectivity index (χ4n) is 1.47. The van der Waals surface area contributed by atoms with E-state index in [1.165, 1.54) is 0 Å². The highest BCUT2D eigenvalue weighted by atomic mass is 16.5. The van der Waals surface area contributed by atoms with Crippen LogP contribution in [0.1, 0.15) is 5.56 Å². The average molecular weight is 214 g/mol. The van der Waals surface area contributed by atoms with Gasteiger partial charge in [-0.1, -0.05) is 12.1 Å². The van der Waals surface area contributed by atoms with Crippen molar-refractivity contribution in [2.24, 2.45) is 0 Å². The lowest BCUT2D eigenvalue weighted by atomic mass is 10.1. The molecule has 0 bridgehead atoms. The van der Waals surface area contributed by atoms with Crippen molar-refractivity contribution in [1.29, 1.82) is 0 Å². The Morgan fingerprint density at radius 3 is 2.56 bits per heavy atom. The number of aryl methyl sites for hydroxylation is 1. The normalized spacial score (nSPS) is 10.1. The summed E-state index contributed by atoms with van der Waals surface area (Å²) >= 11 is 0. The van der Waals surface area contributed by atoms with E-state index in [1.54, 1.807) is 13.3 Å². The first-order valence-corrected chi connectivity index (χ1v) is 5.07. The van der Waals surface area contributed by atoms with Gasteiger partial charge in [-0.2, -0.15) is 0 Å². The van der Waals surface area contributed by atoms with Gasteiger partial charge >= 0.3 is 0 Å². The highest BCUT2D eigenvalue weighted by Gasteiger charge is 2.01. The molecule has 0 atom stereocenters. The second kappa shape index (κ2) is 4.23. The molecule has 2 N–H and O–H groups in total. The van der Waals surface area contributed by atoms with Gasteiger partial charge < -0.3 is 10.5 Å². The number of anilines is 1. The van der Waals surface area contributed by atoms with Gasteiger partial charge in [0.05, 0.1) is 19.0 Å². The van der Waals surface area contributed by atoms with Crippen molar-refractivity contribution >= 4 is 5.69 Å². The molecule has 1 aromatic heterocycles. The third-order valence-corrected chi connectivity index (χ3v) is 2.55. The molecule has 82 valence electrons. The Labute approximate surface area is 94.9 Å². The van der Waals surface area contributed by atoms with Gasteiger partial charge in [-0.05, 0) is 30.7 Å². The predicted molar refractivity (Wildman–Crippen MR) is 65.4 cm³/mol. The topological polar surface area (TPSA) is 48.1 Å². The van der Waals surface area contributed by atoms with Crippen LogP contribution in [0, 0.1) is 6.92 Å². The molecule has 1 heterocycles. The number of ether oxygens (including phenoxy) is 1. The summed E-state index contributed by atoms with van der Waals surface area (Å²) in [5, 5.41) is 0. The SMILES string of the molecule is COc1ccc(-c2ccc(C)c(N)c2)nc1. The van der Waals surface area contributed by atoms with Crippen LogP contribution in [0.4, 0.5) is 5.69 Å². The van der Waals surface area contributed by atoms with E-state index >= 15 is 0 Å². The first kappa shape index (κ1) is 10.5. The second-order valence-corrected chi connectivity index (χ2v) is 3.65. The molecule has 0 aliphatic rings. The standard InChI is InChI=1S/C13H14N2O/c1-9-3-4-10(7-12(9)14)13-6-5-11(16-2)8-15-13/h3-8H,14H2,1-2H3. The second-order valence-electron chi connectivity index (χ2n) is 3.65. The summed E-state index contributed by atoms with van der Waals surface area (Å²) in [5.74, 6) is 0.754. The quantitative estimate of drug-likeness (QED) is 0.782. The molecule has 0 fully saturated rings. The Bertz CT molecular complexity index is 492. The van der Waals surface area contributed by atoms with E-state index < -0.39 is 0 Å². The van der Waals surface area contributed by atoms with Gasteiger partial charge in [0.25, 0.3) is 0 Å². The van der Waals surface area contributed by atoms with Crippen LogP contribution in [0.5, 0.6) is 5.75 Å². The zero-order valence-electron chi connectivity index (χ0n) is 9.40. The van der Waals surface area contributed by atoms with Gasteiger partial charge in [-0.3, -0.25) is 4.98 Å². The van der Waals surface area contributed by atoms with E-state index in [4.69, 9.17) is 10.5 Å². The first-order valence-electron chi connectivity index (χ1n) is 5.07. The summed E-state index contributed by atoms with van der Waals surface area (Å²) in [7, 11) is 1.63. The van der Waals surface area contributed by atoms with Crippen LogP contribution in [0.15, 0.2) is 36.5 Å². The summed E-state index contributed by atoms with van der Waals surface area (Å²) in [6, 6.07) is 9.75. The Kier molecular flexibility index (Phi) is 2.77. The van der Waals surface area contributed by atoms with Gasteiger partial charge in [0.15, 0.2) is 0 Å². The van der Waals surface area contributed by atoms with E-state index in [2.05, 4.69) is 4.98 Å². The molecule has 3 heteroatoms. The number of hydrogen-bond acceptors (Lipinski definition) is 3. The Balaban J connectivity index is 2.38. The predicted octanol–water partition coefficient (Wildman–Crippen LogP) is 2.65. The number of hydrogen-bond donors (Lipinski definition) is 1. The summed E-state index contributed by atoms with van der Waals surface area (Å²) in [6.45, 7) is 1.99. The van der Waals surface area contributed by atoms with E-state index in [-0.39, 0.29) is 0 Å². The van der Waals surface area contributed by atoms with Crippen LogP contribution in [-0.4, -0.2) is 12.1 Å². The smallest absolute Gasteiger partial charge is 0.137 e. The fraction of sp³-hybridized carbons (Fsp3) is 0.154. The Morgan fingerprint density at radius 2 is 2.00 bits per heavy atom. The zero-order valence-corrected chi connectivity index (χ0v) is 9.40. The van der Waals surface area contributed by atoms with Gasteiger partial charge in [0.1, 0.15) is 5.75 Å². The minimum atomic E-state index is 0.754. The zero-order chi connectivity index (χ0) is 11.5. The molecular weight excluding hydrogens is 200 g/mol. The molecule has 3 nitrogen and oxygen atoms in total. The number of benzene rings is 1. The van der Waals surface area contributed by atoms with Crippen LogP contribution in [0.3, 0.4) is 0 Å². The van der Waals surface area contributed by atoms with Crippen molar-refractivity contribution in [3.8, 4) is 17.0 Å². The molecule has 2 aromatic rings. The van der Waals surface area contributed by atoms with Crippen molar-refractivity contribution in [2.45, 2.75) is 6.92 Å². The molecule has 0 saturated heterocycles. The monoisotopic (exact) mass is 214 g/mol. The maximum absolute atomic E-state index is 5.86. The number of rotatable bonds is 2. The van der Waals surface area contributed by atoms with Crippen molar-refractivity contribution in [3.05, 3.63) is 42.1 Å². The number of nitrogens with two attached hydrogens (primary N) is 1. The van der Waals surface area contributed by atoms with Gasteiger partial charge in [-0.25, -0.2) is 0 Å². The van der Waals surface area contributed by atoms with Crippen LogP contribution in [0.2, 0.25) is 0 Å². The van der Waals surface area contributed by atoms with Crippen molar-refractivity contribution in [1.82, 2.24) is 4.98 Å². The van der Waals surface area contributed by atoms with Gasteiger partial charge in [0, 0.05) is 11.3 Å². The summed E-state index contributed by atoms with van der Waals surface area (Å²) in [5.41, 5.74) is 9.64. The van der Waals surface area contributed by atoms with E-state index in [9.17, 15) is 0 Å². The highest BCUT2D eigenvalue weighted by molar-refractivity contribution is 5.66. The highest BCUT2D eigenvalue weighted by Crippen LogP contribution is 2.23. The fourth-order valence-corrected chi connectivity index (χ4v) is 1.47. The van der Waals surface area contributed by atoms with Gasteiger partial charge in [-0.15, -0.1) is 0 Å². The molecule has 2 rings (SSSR count). The average Bonchev–Trinajstić information content (AvgIpc) is 2.33. The first-order chi connectivity index (χ1) is 7.70. The maximum atomic E-state index is 5.86. The maximum Gasteiger partial charge on any atom is 0.137 e. The Morgan fingerprint density at radius 1 is 1.19 bits per heavy atom. The number of aromatic nitrogens is 1. The molecule has 0 aliphatic carbocycles. The molecule has 0 amide bonds. The molecule has 0 unspecified atom stereocenters. The number of methoxy groups -OCH3 is 1. The molecule has 0 spiro atoms. The number of nitrogen functional groups attached to an aromatic ring is 1. The lowest BCUT2D eigenvalue weighted by molar-refractivity contribution is 0.413. The molecule has 0 aliphatic heterocycles. The largest absolute Gasteiger partial charge is 0.495 e.